The molecule has 0 aliphatic rings. The molecule has 2 rings (SSSR count). The molecule has 0 aliphatic heterocycles. The van der Waals surface area contributed by atoms with Crippen molar-refractivity contribution in [1.82, 2.24) is 4.98 Å². The summed E-state index contributed by atoms with van der Waals surface area (Å²) < 4.78 is 5.01. The molecule has 5 heteroatoms. The fourth-order valence-electron chi connectivity index (χ4n) is 1.24. The van der Waals surface area contributed by atoms with E-state index in [2.05, 4.69) is 4.98 Å². The Labute approximate surface area is 102 Å². The van der Waals surface area contributed by atoms with Gasteiger partial charge in [0.1, 0.15) is 5.75 Å². The Balaban J connectivity index is 2.38. The van der Waals surface area contributed by atoms with Gasteiger partial charge in [0, 0.05) is 11.8 Å². The molecule has 0 aliphatic carbocycles. The van der Waals surface area contributed by atoms with Crippen molar-refractivity contribution in [3.8, 4) is 5.75 Å². The zero-order chi connectivity index (χ0) is 11.5. The molecule has 0 aromatic carbocycles. The van der Waals surface area contributed by atoms with Gasteiger partial charge in [-0.2, -0.15) is 0 Å². The zero-order valence-electron chi connectivity index (χ0n) is 8.44. The number of pyridine rings is 1. The second kappa shape index (κ2) is 4.63. The van der Waals surface area contributed by atoms with E-state index in [-0.39, 0.29) is 5.78 Å². The third-order valence-corrected chi connectivity index (χ3v) is 3.37. The first kappa shape index (κ1) is 11.1. The van der Waals surface area contributed by atoms with Crippen LogP contribution >= 0.6 is 22.9 Å². The summed E-state index contributed by atoms with van der Waals surface area (Å²) in [5, 5.41) is 2.25. The molecule has 3 nitrogen and oxygen atoms in total. The fraction of sp³-hybridized carbons (Fsp3) is 0.0909. The van der Waals surface area contributed by atoms with Crippen LogP contribution in [0.4, 0.5) is 0 Å². The average Bonchev–Trinajstić information content (AvgIpc) is 2.74. The minimum absolute atomic E-state index is 0.133. The summed E-state index contributed by atoms with van der Waals surface area (Å²) in [7, 11) is 1.53. The number of ether oxygens (including phenoxy) is 1. The van der Waals surface area contributed by atoms with Gasteiger partial charge in [0.25, 0.3) is 0 Å². The highest BCUT2D eigenvalue weighted by atomic mass is 35.5. The van der Waals surface area contributed by atoms with E-state index in [0.29, 0.717) is 21.2 Å². The molecule has 0 saturated heterocycles. The SMILES string of the molecule is COc1cncc(C(=O)c2sccc2Cl)c1. The van der Waals surface area contributed by atoms with E-state index in [4.69, 9.17) is 16.3 Å². The van der Waals surface area contributed by atoms with Crippen LogP contribution in [0.3, 0.4) is 0 Å². The van der Waals surface area contributed by atoms with E-state index in [0.717, 1.165) is 0 Å². The van der Waals surface area contributed by atoms with Gasteiger partial charge < -0.3 is 4.74 Å². The summed E-state index contributed by atoms with van der Waals surface area (Å²) in [5.74, 6) is 0.421. The maximum atomic E-state index is 12.0. The number of halogens is 1. The summed E-state index contributed by atoms with van der Waals surface area (Å²) >= 11 is 7.21. The Morgan fingerprint density at radius 1 is 1.50 bits per heavy atom. The molecule has 2 aromatic heterocycles. The molecule has 0 saturated carbocycles. The topological polar surface area (TPSA) is 39.2 Å². The Hall–Kier alpha value is -1.39. The van der Waals surface area contributed by atoms with Gasteiger partial charge >= 0.3 is 0 Å². The van der Waals surface area contributed by atoms with Gasteiger partial charge in [-0.15, -0.1) is 11.3 Å². The maximum absolute atomic E-state index is 12.0. The zero-order valence-corrected chi connectivity index (χ0v) is 10.0. The van der Waals surface area contributed by atoms with E-state index < -0.39 is 0 Å². The lowest BCUT2D eigenvalue weighted by Crippen LogP contribution is -2.00. The molecule has 0 fully saturated rings. The van der Waals surface area contributed by atoms with Crippen LogP contribution in [0, 0.1) is 0 Å². The van der Waals surface area contributed by atoms with Crippen LogP contribution < -0.4 is 4.74 Å². The number of hydrogen-bond donors (Lipinski definition) is 0. The maximum Gasteiger partial charge on any atom is 0.206 e. The predicted octanol–water partition coefficient (Wildman–Crippen LogP) is 3.04. The minimum atomic E-state index is -0.133. The van der Waals surface area contributed by atoms with Gasteiger partial charge in [0.2, 0.25) is 5.78 Å². The first-order valence-electron chi connectivity index (χ1n) is 4.49. The van der Waals surface area contributed by atoms with E-state index >= 15 is 0 Å². The van der Waals surface area contributed by atoms with Crippen molar-refractivity contribution < 1.29 is 9.53 Å². The van der Waals surface area contributed by atoms with Gasteiger partial charge in [-0.3, -0.25) is 9.78 Å². The molecule has 0 radical (unpaired) electrons. The third kappa shape index (κ3) is 2.08. The Morgan fingerprint density at radius 3 is 2.94 bits per heavy atom. The fourth-order valence-corrected chi connectivity index (χ4v) is 2.34. The molecule has 0 bridgehead atoms. The Morgan fingerprint density at radius 2 is 2.31 bits per heavy atom. The quantitative estimate of drug-likeness (QED) is 0.790. The second-order valence-corrected chi connectivity index (χ2v) is 4.36. The van der Waals surface area contributed by atoms with Crippen molar-refractivity contribution in [2.24, 2.45) is 0 Å². The van der Waals surface area contributed by atoms with E-state index in [1.165, 1.54) is 24.6 Å². The lowest BCUT2D eigenvalue weighted by molar-refractivity contribution is 0.104. The Kier molecular flexibility index (Phi) is 3.22. The molecule has 16 heavy (non-hydrogen) atoms. The number of methoxy groups -OCH3 is 1. The molecule has 2 heterocycles. The highest BCUT2D eigenvalue weighted by molar-refractivity contribution is 7.13. The van der Waals surface area contributed by atoms with Crippen LogP contribution in [0.1, 0.15) is 15.2 Å². The predicted molar refractivity (Wildman–Crippen MR) is 63.6 cm³/mol. The molecule has 2 aromatic rings. The first-order valence-corrected chi connectivity index (χ1v) is 5.75. The minimum Gasteiger partial charge on any atom is -0.495 e. The second-order valence-electron chi connectivity index (χ2n) is 3.04. The molecule has 0 N–H and O–H groups in total. The largest absolute Gasteiger partial charge is 0.495 e. The highest BCUT2D eigenvalue weighted by Crippen LogP contribution is 2.25. The van der Waals surface area contributed by atoms with Crippen LogP contribution in [0.25, 0.3) is 0 Å². The number of thiophene rings is 1. The molecule has 0 spiro atoms. The standard InChI is InChI=1S/C11H8ClNO2S/c1-15-8-4-7(5-13-6-8)10(14)11-9(12)2-3-16-11/h2-6H,1H3. The molecule has 0 unspecified atom stereocenters. The number of ketones is 1. The van der Waals surface area contributed by atoms with Crippen molar-refractivity contribution in [1.29, 1.82) is 0 Å². The van der Waals surface area contributed by atoms with Crippen LogP contribution in [0.5, 0.6) is 5.75 Å². The first-order chi connectivity index (χ1) is 7.72. The van der Waals surface area contributed by atoms with Crippen molar-refractivity contribution in [3.63, 3.8) is 0 Å². The van der Waals surface area contributed by atoms with Crippen LogP contribution in [-0.4, -0.2) is 17.9 Å². The summed E-state index contributed by atoms with van der Waals surface area (Å²) in [6.45, 7) is 0. The third-order valence-electron chi connectivity index (χ3n) is 2.03. The van der Waals surface area contributed by atoms with Crippen LogP contribution in [0.2, 0.25) is 5.02 Å². The van der Waals surface area contributed by atoms with Crippen molar-refractivity contribution in [3.05, 3.63) is 45.4 Å². The molecule has 82 valence electrons. The number of carbonyl (C=O) groups excluding carboxylic acids is 1. The lowest BCUT2D eigenvalue weighted by Gasteiger charge is -2.01. The van der Waals surface area contributed by atoms with Gasteiger partial charge in [-0.1, -0.05) is 11.6 Å². The number of nitrogens with zero attached hydrogens (tertiary/aromatic N) is 1. The van der Waals surface area contributed by atoms with E-state index in [1.807, 2.05) is 0 Å². The number of carbonyl (C=O) groups is 1. The van der Waals surface area contributed by atoms with Crippen molar-refractivity contribution in [2.45, 2.75) is 0 Å². The van der Waals surface area contributed by atoms with Crippen molar-refractivity contribution >= 4 is 28.7 Å². The summed E-state index contributed by atoms with van der Waals surface area (Å²) in [6, 6.07) is 3.35. The lowest BCUT2D eigenvalue weighted by atomic mass is 10.1. The molecular formula is C11H8ClNO2S. The molecule has 0 amide bonds. The van der Waals surface area contributed by atoms with Gasteiger partial charge in [-0.25, -0.2) is 0 Å². The number of aromatic nitrogens is 1. The van der Waals surface area contributed by atoms with Crippen LogP contribution in [-0.2, 0) is 0 Å². The molecule has 0 atom stereocenters. The highest BCUT2D eigenvalue weighted by Gasteiger charge is 2.15. The average molecular weight is 254 g/mol. The molecular weight excluding hydrogens is 246 g/mol. The monoisotopic (exact) mass is 253 g/mol. The van der Waals surface area contributed by atoms with Crippen molar-refractivity contribution in [2.75, 3.05) is 7.11 Å². The van der Waals surface area contributed by atoms with E-state index in [1.54, 1.807) is 23.7 Å². The van der Waals surface area contributed by atoms with Crippen LogP contribution in [0.15, 0.2) is 29.9 Å². The summed E-state index contributed by atoms with van der Waals surface area (Å²) in [4.78, 5) is 16.5. The van der Waals surface area contributed by atoms with Gasteiger partial charge in [-0.05, 0) is 17.5 Å². The number of hydrogen-bond acceptors (Lipinski definition) is 4. The number of rotatable bonds is 3. The normalized spacial score (nSPS) is 10.1. The summed E-state index contributed by atoms with van der Waals surface area (Å²) in [5.41, 5.74) is 0.476. The smallest absolute Gasteiger partial charge is 0.206 e. The van der Waals surface area contributed by atoms with E-state index in [9.17, 15) is 4.79 Å². The summed E-state index contributed by atoms with van der Waals surface area (Å²) in [6.07, 6.45) is 3.05. The Bertz CT molecular complexity index is 524. The van der Waals surface area contributed by atoms with Gasteiger partial charge in [0.15, 0.2) is 0 Å². The van der Waals surface area contributed by atoms with Gasteiger partial charge in [0.05, 0.1) is 23.2 Å².